The van der Waals surface area contributed by atoms with Crippen molar-refractivity contribution in [3.05, 3.63) is 88.9 Å². The first kappa shape index (κ1) is 19.6. The number of piperazine rings is 1. The maximum Gasteiger partial charge on any atom is 0.120 e. The van der Waals surface area contributed by atoms with Crippen LogP contribution < -0.4 is 9.64 Å². The van der Waals surface area contributed by atoms with Crippen LogP contribution in [0.4, 0.5) is 5.69 Å². The molecule has 1 N–H and O–H groups in total. The molecule has 1 unspecified atom stereocenters. The highest BCUT2D eigenvalue weighted by Crippen LogP contribution is 2.35. The molecule has 3 aromatic rings. The Morgan fingerprint density at radius 1 is 0.862 bits per heavy atom. The van der Waals surface area contributed by atoms with E-state index in [1.807, 2.05) is 42.5 Å². The Morgan fingerprint density at radius 3 is 2.14 bits per heavy atom. The molecule has 150 valence electrons. The molecule has 1 saturated heterocycles. The van der Waals surface area contributed by atoms with Crippen LogP contribution in [0.2, 0.25) is 5.02 Å². The minimum atomic E-state index is -0.00789. The van der Waals surface area contributed by atoms with Crippen LogP contribution in [0.25, 0.3) is 0 Å². The van der Waals surface area contributed by atoms with Gasteiger partial charge in [-0.3, -0.25) is 4.90 Å². The summed E-state index contributed by atoms with van der Waals surface area (Å²) in [5, 5.41) is 11.2. The van der Waals surface area contributed by atoms with Gasteiger partial charge in [0.05, 0.1) is 13.2 Å². The number of nitrogens with zero attached hydrogens (tertiary/aromatic N) is 2. The number of phenolic OH excluding ortho intramolecular Hbond substituents is 1. The van der Waals surface area contributed by atoms with Crippen molar-refractivity contribution in [2.75, 3.05) is 38.2 Å². The second-order valence-electron chi connectivity index (χ2n) is 7.23. The van der Waals surface area contributed by atoms with E-state index in [0.717, 1.165) is 43.1 Å². The lowest BCUT2D eigenvalue weighted by molar-refractivity contribution is 0.209. The van der Waals surface area contributed by atoms with Gasteiger partial charge in [0.1, 0.15) is 11.5 Å². The number of para-hydroxylation sites is 1. The van der Waals surface area contributed by atoms with E-state index in [4.69, 9.17) is 16.3 Å². The second-order valence-corrected chi connectivity index (χ2v) is 7.67. The predicted molar refractivity (Wildman–Crippen MR) is 118 cm³/mol. The highest BCUT2D eigenvalue weighted by atomic mass is 35.5. The minimum Gasteiger partial charge on any atom is -0.508 e. The second kappa shape index (κ2) is 8.76. The summed E-state index contributed by atoms with van der Waals surface area (Å²) in [4.78, 5) is 4.82. The van der Waals surface area contributed by atoms with Crippen molar-refractivity contribution < 1.29 is 9.84 Å². The summed E-state index contributed by atoms with van der Waals surface area (Å²) < 4.78 is 5.26. The SMILES string of the molecule is COc1ccc(N2CCN(C(c3ccc(Cl)cc3)c3ccccc3O)CC2)cc1. The lowest BCUT2D eigenvalue weighted by atomic mass is 9.95. The van der Waals surface area contributed by atoms with Crippen LogP contribution >= 0.6 is 11.6 Å². The van der Waals surface area contributed by atoms with E-state index in [1.54, 1.807) is 13.2 Å². The largest absolute Gasteiger partial charge is 0.508 e. The number of hydrogen-bond donors (Lipinski definition) is 1. The maximum absolute atomic E-state index is 10.5. The summed E-state index contributed by atoms with van der Waals surface area (Å²) >= 11 is 6.11. The Hall–Kier alpha value is -2.69. The molecule has 3 aromatic carbocycles. The van der Waals surface area contributed by atoms with Crippen LogP contribution in [0.5, 0.6) is 11.5 Å². The molecule has 1 aliphatic rings. The molecule has 0 bridgehead atoms. The van der Waals surface area contributed by atoms with E-state index < -0.39 is 0 Å². The Labute approximate surface area is 176 Å². The summed E-state index contributed by atoms with van der Waals surface area (Å²) in [6, 6.07) is 23.7. The molecular formula is C24H25ClN2O2. The summed E-state index contributed by atoms with van der Waals surface area (Å²) in [5.41, 5.74) is 3.26. The first-order valence-corrected chi connectivity index (χ1v) is 10.2. The van der Waals surface area contributed by atoms with Gasteiger partial charge in [-0.15, -0.1) is 0 Å². The zero-order valence-electron chi connectivity index (χ0n) is 16.5. The quantitative estimate of drug-likeness (QED) is 0.646. The van der Waals surface area contributed by atoms with Gasteiger partial charge in [0.2, 0.25) is 0 Å². The van der Waals surface area contributed by atoms with Gasteiger partial charge in [-0.1, -0.05) is 41.9 Å². The number of benzene rings is 3. The number of hydrogen-bond acceptors (Lipinski definition) is 4. The average Bonchev–Trinajstić information content (AvgIpc) is 2.77. The van der Waals surface area contributed by atoms with E-state index in [1.165, 1.54) is 5.69 Å². The van der Waals surface area contributed by atoms with E-state index in [9.17, 15) is 5.11 Å². The molecule has 0 saturated carbocycles. The van der Waals surface area contributed by atoms with Gasteiger partial charge in [0.15, 0.2) is 0 Å². The molecule has 1 fully saturated rings. The smallest absolute Gasteiger partial charge is 0.120 e. The number of aromatic hydroxyl groups is 1. The zero-order valence-corrected chi connectivity index (χ0v) is 17.2. The third-order valence-corrected chi connectivity index (χ3v) is 5.79. The average molecular weight is 409 g/mol. The third kappa shape index (κ3) is 4.34. The van der Waals surface area contributed by atoms with Crippen LogP contribution in [0.15, 0.2) is 72.8 Å². The van der Waals surface area contributed by atoms with Crippen molar-refractivity contribution in [2.45, 2.75) is 6.04 Å². The molecule has 0 aromatic heterocycles. The Kier molecular flexibility index (Phi) is 5.93. The highest BCUT2D eigenvalue weighted by Gasteiger charge is 2.28. The standard InChI is InChI=1S/C24H25ClN2O2/c1-29-21-12-10-20(11-13-21)26-14-16-27(17-15-26)24(18-6-8-19(25)9-7-18)22-4-2-3-5-23(22)28/h2-13,24,28H,14-17H2,1H3. The first-order chi connectivity index (χ1) is 14.2. The van der Waals surface area contributed by atoms with Crippen molar-refractivity contribution >= 4 is 17.3 Å². The normalized spacial score (nSPS) is 15.9. The van der Waals surface area contributed by atoms with Crippen molar-refractivity contribution in [2.24, 2.45) is 0 Å². The van der Waals surface area contributed by atoms with E-state index in [0.29, 0.717) is 10.8 Å². The number of ether oxygens (including phenoxy) is 1. The van der Waals surface area contributed by atoms with Gasteiger partial charge in [-0.25, -0.2) is 0 Å². The molecule has 0 spiro atoms. The van der Waals surface area contributed by atoms with Crippen molar-refractivity contribution in [3.63, 3.8) is 0 Å². The Morgan fingerprint density at radius 2 is 1.52 bits per heavy atom. The predicted octanol–water partition coefficient (Wildman–Crippen LogP) is 4.97. The number of anilines is 1. The summed E-state index contributed by atoms with van der Waals surface area (Å²) in [6.45, 7) is 3.63. The molecule has 5 heteroatoms. The van der Waals surface area contributed by atoms with Gasteiger partial charge in [-0.05, 0) is 48.0 Å². The number of rotatable bonds is 5. The Bertz CT molecular complexity index is 936. The Balaban J connectivity index is 1.56. The molecule has 0 aliphatic carbocycles. The molecule has 0 amide bonds. The van der Waals surface area contributed by atoms with E-state index >= 15 is 0 Å². The molecule has 1 aliphatic heterocycles. The van der Waals surface area contributed by atoms with Crippen molar-refractivity contribution in [3.8, 4) is 11.5 Å². The van der Waals surface area contributed by atoms with Gasteiger partial charge < -0.3 is 14.7 Å². The highest BCUT2D eigenvalue weighted by molar-refractivity contribution is 6.30. The fourth-order valence-corrected chi connectivity index (χ4v) is 4.11. The molecule has 4 rings (SSSR count). The van der Waals surface area contributed by atoms with Crippen LogP contribution in [0.1, 0.15) is 17.2 Å². The lowest BCUT2D eigenvalue weighted by Gasteiger charge is -2.40. The van der Waals surface area contributed by atoms with E-state index in [2.05, 4.69) is 34.1 Å². The molecule has 1 atom stereocenters. The first-order valence-electron chi connectivity index (χ1n) is 9.82. The number of phenols is 1. The fraction of sp³-hybridized carbons (Fsp3) is 0.250. The van der Waals surface area contributed by atoms with E-state index in [-0.39, 0.29) is 6.04 Å². The third-order valence-electron chi connectivity index (χ3n) is 5.53. The summed E-state index contributed by atoms with van der Waals surface area (Å²) in [6.07, 6.45) is 0. The fourth-order valence-electron chi connectivity index (χ4n) is 3.98. The van der Waals surface area contributed by atoms with Crippen molar-refractivity contribution in [1.82, 2.24) is 4.90 Å². The topological polar surface area (TPSA) is 35.9 Å². The minimum absolute atomic E-state index is 0.00789. The molecule has 0 radical (unpaired) electrons. The van der Waals surface area contributed by atoms with Gasteiger partial charge in [0.25, 0.3) is 0 Å². The van der Waals surface area contributed by atoms with Gasteiger partial charge in [-0.2, -0.15) is 0 Å². The molecule has 29 heavy (non-hydrogen) atoms. The van der Waals surface area contributed by atoms with Crippen LogP contribution in [-0.4, -0.2) is 43.3 Å². The van der Waals surface area contributed by atoms with Crippen molar-refractivity contribution in [1.29, 1.82) is 0 Å². The summed E-state index contributed by atoms with van der Waals surface area (Å²) in [7, 11) is 1.68. The molecule has 4 nitrogen and oxygen atoms in total. The van der Waals surface area contributed by atoms with Crippen LogP contribution in [-0.2, 0) is 0 Å². The maximum atomic E-state index is 10.5. The monoisotopic (exact) mass is 408 g/mol. The zero-order chi connectivity index (χ0) is 20.2. The van der Waals surface area contributed by atoms with Gasteiger partial charge >= 0.3 is 0 Å². The molecular weight excluding hydrogens is 384 g/mol. The lowest BCUT2D eigenvalue weighted by Crippen LogP contribution is -2.48. The van der Waals surface area contributed by atoms with Gasteiger partial charge in [0, 0.05) is 42.5 Å². The van der Waals surface area contributed by atoms with Crippen LogP contribution in [0, 0.1) is 0 Å². The number of methoxy groups -OCH3 is 1. The molecule has 1 heterocycles. The summed E-state index contributed by atoms with van der Waals surface area (Å²) in [5.74, 6) is 1.19. The van der Waals surface area contributed by atoms with Crippen LogP contribution in [0.3, 0.4) is 0 Å². The number of halogens is 1.